The fourth-order valence-corrected chi connectivity index (χ4v) is 2.89. The van der Waals surface area contributed by atoms with Crippen LogP contribution in [0, 0.1) is 11.3 Å². The van der Waals surface area contributed by atoms with Gasteiger partial charge in [-0.3, -0.25) is 9.59 Å². The topological polar surface area (TPSA) is 79.5 Å². The Kier molecular flexibility index (Phi) is 4.63. The Morgan fingerprint density at radius 3 is 2.39 bits per heavy atom. The van der Waals surface area contributed by atoms with Gasteiger partial charge in [0.1, 0.15) is 0 Å². The second-order valence-electron chi connectivity index (χ2n) is 6.44. The maximum atomic E-state index is 12.6. The largest absolute Gasteiger partial charge is 0.384 e. The number of carbonyl (C=O) groups is 2. The van der Waals surface area contributed by atoms with Gasteiger partial charge in [0.05, 0.1) is 12.0 Å². The first-order valence-corrected chi connectivity index (χ1v) is 8.05. The van der Waals surface area contributed by atoms with Crippen LogP contribution in [0.25, 0.3) is 0 Å². The quantitative estimate of drug-likeness (QED) is 0.744. The van der Waals surface area contributed by atoms with Crippen molar-refractivity contribution in [3.05, 3.63) is 24.3 Å². The maximum absolute atomic E-state index is 12.6. The van der Waals surface area contributed by atoms with E-state index in [4.69, 9.17) is 4.74 Å². The van der Waals surface area contributed by atoms with Crippen LogP contribution in [0.5, 0.6) is 0 Å². The van der Waals surface area contributed by atoms with Gasteiger partial charge in [0, 0.05) is 30.9 Å². The highest BCUT2D eigenvalue weighted by molar-refractivity contribution is 5.97. The minimum atomic E-state index is -0.506. The second-order valence-corrected chi connectivity index (χ2v) is 6.44. The molecule has 1 unspecified atom stereocenters. The van der Waals surface area contributed by atoms with Crippen LogP contribution in [0.2, 0.25) is 0 Å². The van der Waals surface area contributed by atoms with Crippen molar-refractivity contribution in [3.63, 3.8) is 0 Å². The number of hydrogen-bond acceptors (Lipinski definition) is 4. The van der Waals surface area contributed by atoms with E-state index in [1.165, 1.54) is 0 Å². The molecule has 6 heteroatoms. The zero-order valence-corrected chi connectivity index (χ0v) is 13.4. The van der Waals surface area contributed by atoms with Gasteiger partial charge in [0.25, 0.3) is 0 Å². The van der Waals surface area contributed by atoms with E-state index in [1.54, 1.807) is 7.11 Å². The average molecular weight is 317 g/mol. The van der Waals surface area contributed by atoms with Crippen molar-refractivity contribution in [1.82, 2.24) is 5.32 Å². The summed E-state index contributed by atoms with van der Waals surface area (Å²) in [5, 5.41) is 9.06. The molecule has 1 aromatic carbocycles. The molecule has 2 amide bonds. The third-order valence-electron chi connectivity index (χ3n) is 4.50. The zero-order chi connectivity index (χ0) is 16.3. The number of anilines is 2. The Morgan fingerprint density at radius 1 is 1.22 bits per heavy atom. The summed E-state index contributed by atoms with van der Waals surface area (Å²) in [4.78, 5) is 24.3. The van der Waals surface area contributed by atoms with E-state index < -0.39 is 5.41 Å². The van der Waals surface area contributed by atoms with Crippen molar-refractivity contribution in [1.29, 1.82) is 0 Å². The van der Waals surface area contributed by atoms with Crippen LogP contribution in [-0.2, 0) is 14.3 Å². The Hall–Kier alpha value is -1.92. The van der Waals surface area contributed by atoms with Crippen molar-refractivity contribution in [2.75, 3.05) is 37.4 Å². The molecule has 1 aliphatic carbocycles. The Morgan fingerprint density at radius 2 is 1.87 bits per heavy atom. The number of ether oxygens (including phenoxy) is 1. The first kappa shape index (κ1) is 16.0. The highest BCUT2D eigenvalue weighted by Gasteiger charge is 2.41. The number of hydrogen-bond donors (Lipinski definition) is 3. The molecule has 2 aliphatic rings. The van der Waals surface area contributed by atoms with Crippen molar-refractivity contribution in [2.24, 2.45) is 11.3 Å². The fourth-order valence-electron chi connectivity index (χ4n) is 2.89. The van der Waals surface area contributed by atoms with Crippen LogP contribution in [0.4, 0.5) is 11.4 Å². The third-order valence-corrected chi connectivity index (χ3v) is 4.50. The molecular formula is C17H23N3O3. The van der Waals surface area contributed by atoms with Crippen LogP contribution in [0.15, 0.2) is 24.3 Å². The number of benzene rings is 1. The molecule has 1 heterocycles. The molecule has 0 aromatic heterocycles. The number of amides is 2. The zero-order valence-electron chi connectivity index (χ0n) is 13.4. The van der Waals surface area contributed by atoms with E-state index >= 15 is 0 Å². The van der Waals surface area contributed by atoms with E-state index in [2.05, 4.69) is 16.0 Å². The molecule has 3 rings (SSSR count). The van der Waals surface area contributed by atoms with Gasteiger partial charge in [-0.1, -0.05) is 0 Å². The van der Waals surface area contributed by atoms with Gasteiger partial charge < -0.3 is 20.7 Å². The summed E-state index contributed by atoms with van der Waals surface area (Å²) in [6.07, 6.45) is 2.73. The smallest absolute Gasteiger partial charge is 0.234 e. The van der Waals surface area contributed by atoms with Gasteiger partial charge in [0.2, 0.25) is 11.8 Å². The molecular weight excluding hydrogens is 294 g/mol. The lowest BCUT2D eigenvalue weighted by atomic mass is 9.87. The highest BCUT2D eigenvalue weighted by atomic mass is 16.5. The van der Waals surface area contributed by atoms with E-state index in [-0.39, 0.29) is 17.7 Å². The lowest BCUT2D eigenvalue weighted by Crippen LogP contribution is -2.41. The van der Waals surface area contributed by atoms with E-state index in [0.717, 1.165) is 37.2 Å². The maximum Gasteiger partial charge on any atom is 0.234 e. The molecule has 0 radical (unpaired) electrons. The van der Waals surface area contributed by atoms with Crippen LogP contribution < -0.4 is 16.0 Å². The predicted molar refractivity (Wildman–Crippen MR) is 88.2 cm³/mol. The van der Waals surface area contributed by atoms with Crippen molar-refractivity contribution >= 4 is 23.2 Å². The van der Waals surface area contributed by atoms with Crippen molar-refractivity contribution < 1.29 is 14.3 Å². The molecule has 3 N–H and O–H groups in total. The van der Waals surface area contributed by atoms with Crippen LogP contribution in [0.1, 0.15) is 19.3 Å². The lowest BCUT2D eigenvalue weighted by molar-refractivity contribution is -0.127. The number of rotatable bonds is 6. The Balaban J connectivity index is 1.60. The molecule has 1 atom stereocenters. The summed E-state index contributed by atoms with van der Waals surface area (Å²) in [6.45, 7) is 1.85. The summed E-state index contributed by atoms with van der Waals surface area (Å²) in [6, 6.07) is 7.24. The van der Waals surface area contributed by atoms with E-state index in [9.17, 15) is 9.59 Å². The van der Waals surface area contributed by atoms with Crippen LogP contribution >= 0.6 is 0 Å². The molecule has 1 saturated heterocycles. The second kappa shape index (κ2) is 6.68. The minimum absolute atomic E-state index is 0.0286. The summed E-state index contributed by atoms with van der Waals surface area (Å²) in [7, 11) is 1.62. The molecule has 1 aromatic rings. The van der Waals surface area contributed by atoms with Crippen molar-refractivity contribution in [3.8, 4) is 0 Å². The molecule has 1 aliphatic heterocycles. The predicted octanol–water partition coefficient (Wildman–Crippen LogP) is 1.60. The third kappa shape index (κ3) is 3.71. The monoisotopic (exact) mass is 317 g/mol. The van der Waals surface area contributed by atoms with E-state index in [0.29, 0.717) is 13.2 Å². The fraction of sp³-hybridized carbons (Fsp3) is 0.529. The number of methoxy groups -OCH3 is 1. The average Bonchev–Trinajstić information content (AvgIpc) is 3.29. The first-order chi connectivity index (χ1) is 11.1. The minimum Gasteiger partial charge on any atom is -0.384 e. The summed E-state index contributed by atoms with van der Waals surface area (Å²) >= 11 is 0. The van der Waals surface area contributed by atoms with Gasteiger partial charge in [-0.15, -0.1) is 0 Å². The SMILES string of the molecule is COCC1(C(=O)Nc2ccc(NC(=O)C3CC3)cc2)CCNC1. The Bertz CT molecular complexity index is 575. The number of carbonyl (C=O) groups excluding carboxylic acids is 2. The van der Waals surface area contributed by atoms with E-state index in [1.807, 2.05) is 24.3 Å². The summed E-state index contributed by atoms with van der Waals surface area (Å²) in [5.74, 6) is 0.232. The van der Waals surface area contributed by atoms with Gasteiger partial charge in [0.15, 0.2) is 0 Å². The summed E-state index contributed by atoms with van der Waals surface area (Å²) in [5.41, 5.74) is 0.976. The Labute approximate surface area is 136 Å². The molecule has 2 fully saturated rings. The number of nitrogens with one attached hydrogen (secondary N) is 3. The lowest BCUT2D eigenvalue weighted by Gasteiger charge is -2.26. The van der Waals surface area contributed by atoms with Gasteiger partial charge in [-0.05, 0) is 50.1 Å². The van der Waals surface area contributed by atoms with Crippen LogP contribution in [-0.4, -0.2) is 38.6 Å². The first-order valence-electron chi connectivity index (χ1n) is 8.05. The summed E-state index contributed by atoms with van der Waals surface area (Å²) < 4.78 is 5.23. The normalized spacial score (nSPS) is 23.5. The van der Waals surface area contributed by atoms with Gasteiger partial charge in [-0.25, -0.2) is 0 Å². The van der Waals surface area contributed by atoms with Crippen LogP contribution in [0.3, 0.4) is 0 Å². The molecule has 0 spiro atoms. The van der Waals surface area contributed by atoms with Crippen molar-refractivity contribution in [2.45, 2.75) is 19.3 Å². The highest BCUT2D eigenvalue weighted by Crippen LogP contribution is 2.31. The van der Waals surface area contributed by atoms with Gasteiger partial charge in [-0.2, -0.15) is 0 Å². The molecule has 6 nitrogen and oxygen atoms in total. The molecule has 1 saturated carbocycles. The molecule has 124 valence electrons. The standard InChI is InChI=1S/C17H23N3O3/c1-23-11-17(8-9-18-10-17)16(22)20-14-6-4-13(5-7-14)19-15(21)12-2-3-12/h4-7,12,18H,2-3,8-11H2,1H3,(H,19,21)(H,20,22). The molecule has 0 bridgehead atoms. The molecule has 23 heavy (non-hydrogen) atoms. The van der Waals surface area contributed by atoms with Gasteiger partial charge >= 0.3 is 0 Å².